The van der Waals surface area contributed by atoms with Gasteiger partial charge >= 0.3 is 6.09 Å². The average molecular weight is 533 g/mol. The molecule has 1 amide bonds. The Morgan fingerprint density at radius 2 is 1.52 bits per heavy atom. The predicted molar refractivity (Wildman–Crippen MR) is 157 cm³/mol. The van der Waals surface area contributed by atoms with Crippen molar-refractivity contribution in [1.82, 2.24) is 19.5 Å². The maximum absolute atomic E-state index is 12.8. The molecule has 0 saturated carbocycles. The van der Waals surface area contributed by atoms with Gasteiger partial charge in [-0.05, 0) is 29.7 Å². The van der Waals surface area contributed by atoms with Crippen molar-refractivity contribution < 1.29 is 9.53 Å². The molecule has 8 nitrogen and oxygen atoms in total. The molecular formula is C32H32N6O2. The monoisotopic (exact) mass is 532 g/mol. The second-order valence-corrected chi connectivity index (χ2v) is 9.98. The Balaban J connectivity index is 1.32. The molecule has 0 bridgehead atoms. The van der Waals surface area contributed by atoms with Crippen LogP contribution in [0, 0.1) is 6.92 Å². The van der Waals surface area contributed by atoms with E-state index in [1.807, 2.05) is 72.1 Å². The summed E-state index contributed by atoms with van der Waals surface area (Å²) in [6.07, 6.45) is -0.288. The minimum Gasteiger partial charge on any atom is -0.445 e. The standard InChI is InChI=1S/C32H32N6O2/c1-23-30(26-12-6-3-7-13-26)31-34-28(27-14-8-11-25(19-27)21-33)20-29(38(31)35-23)36-15-17-37(18-16-36)32(39)40-22-24-9-4-2-5-10-24/h2-14,19-20H,15-18,21-22,33H2,1H3. The van der Waals surface area contributed by atoms with Crippen molar-refractivity contribution in [2.45, 2.75) is 20.1 Å². The first-order chi connectivity index (χ1) is 19.6. The van der Waals surface area contributed by atoms with Crippen LogP contribution in [-0.2, 0) is 17.9 Å². The first-order valence-electron chi connectivity index (χ1n) is 13.6. The zero-order valence-electron chi connectivity index (χ0n) is 22.5. The minimum absolute atomic E-state index is 0.269. The molecule has 1 saturated heterocycles. The lowest BCUT2D eigenvalue weighted by molar-refractivity contribution is 0.0941. The molecule has 0 aliphatic carbocycles. The summed E-state index contributed by atoms with van der Waals surface area (Å²) in [6.45, 7) is 5.18. The Morgan fingerprint density at radius 3 is 2.25 bits per heavy atom. The molecule has 3 aromatic carbocycles. The maximum atomic E-state index is 12.8. The third-order valence-electron chi connectivity index (χ3n) is 7.33. The van der Waals surface area contributed by atoms with Crippen LogP contribution in [0.3, 0.4) is 0 Å². The number of amides is 1. The van der Waals surface area contributed by atoms with Crippen LogP contribution in [-0.4, -0.2) is 51.8 Å². The summed E-state index contributed by atoms with van der Waals surface area (Å²) in [5, 5.41) is 4.94. The van der Waals surface area contributed by atoms with Gasteiger partial charge in [0.25, 0.3) is 0 Å². The Morgan fingerprint density at radius 1 is 0.850 bits per heavy atom. The fourth-order valence-corrected chi connectivity index (χ4v) is 5.21. The van der Waals surface area contributed by atoms with E-state index in [1.165, 1.54) is 0 Å². The highest BCUT2D eigenvalue weighted by molar-refractivity contribution is 5.83. The van der Waals surface area contributed by atoms with Crippen molar-refractivity contribution in [2.75, 3.05) is 31.1 Å². The van der Waals surface area contributed by atoms with E-state index in [9.17, 15) is 4.79 Å². The van der Waals surface area contributed by atoms with Gasteiger partial charge in [0.2, 0.25) is 0 Å². The van der Waals surface area contributed by atoms with Crippen molar-refractivity contribution in [3.05, 3.63) is 108 Å². The van der Waals surface area contributed by atoms with Crippen molar-refractivity contribution in [1.29, 1.82) is 0 Å². The molecule has 5 aromatic rings. The number of hydrogen-bond acceptors (Lipinski definition) is 6. The quantitative estimate of drug-likeness (QED) is 0.320. The van der Waals surface area contributed by atoms with E-state index in [2.05, 4.69) is 35.2 Å². The summed E-state index contributed by atoms with van der Waals surface area (Å²) < 4.78 is 7.52. The lowest BCUT2D eigenvalue weighted by Gasteiger charge is -2.35. The van der Waals surface area contributed by atoms with E-state index in [1.54, 1.807) is 4.90 Å². The highest BCUT2D eigenvalue weighted by Gasteiger charge is 2.26. The van der Waals surface area contributed by atoms with E-state index >= 15 is 0 Å². The second-order valence-electron chi connectivity index (χ2n) is 9.98. The summed E-state index contributed by atoms with van der Waals surface area (Å²) in [5.74, 6) is 0.945. The number of rotatable bonds is 6. The van der Waals surface area contributed by atoms with Crippen LogP contribution < -0.4 is 10.6 Å². The van der Waals surface area contributed by atoms with Gasteiger partial charge in [0.1, 0.15) is 12.4 Å². The number of hydrogen-bond donors (Lipinski definition) is 1. The fraction of sp³-hybridized carbons (Fsp3) is 0.219. The number of anilines is 1. The minimum atomic E-state index is -0.288. The van der Waals surface area contributed by atoms with Crippen molar-refractivity contribution in [2.24, 2.45) is 5.73 Å². The number of benzene rings is 3. The Labute approximate surface area is 233 Å². The predicted octanol–water partition coefficient (Wildman–Crippen LogP) is 5.29. The number of aryl methyl sites for hydroxylation is 1. The molecule has 2 aromatic heterocycles. The lowest BCUT2D eigenvalue weighted by Crippen LogP contribution is -2.49. The van der Waals surface area contributed by atoms with E-state index in [0.717, 1.165) is 50.7 Å². The molecule has 0 atom stereocenters. The number of carbonyl (C=O) groups excluding carboxylic acids is 1. The fourth-order valence-electron chi connectivity index (χ4n) is 5.21. The highest BCUT2D eigenvalue weighted by Crippen LogP contribution is 2.33. The van der Waals surface area contributed by atoms with Crippen LogP contribution in [0.2, 0.25) is 0 Å². The van der Waals surface area contributed by atoms with Crippen LogP contribution >= 0.6 is 0 Å². The Kier molecular flexibility index (Phi) is 7.16. The smallest absolute Gasteiger partial charge is 0.410 e. The molecule has 3 heterocycles. The van der Waals surface area contributed by atoms with Gasteiger partial charge in [-0.2, -0.15) is 9.61 Å². The zero-order chi connectivity index (χ0) is 27.5. The summed E-state index contributed by atoms with van der Waals surface area (Å²) in [7, 11) is 0. The summed E-state index contributed by atoms with van der Waals surface area (Å²) in [4.78, 5) is 21.9. The van der Waals surface area contributed by atoms with Gasteiger partial charge in [-0.3, -0.25) is 0 Å². The topological polar surface area (TPSA) is 89.0 Å². The molecule has 0 spiro atoms. The van der Waals surface area contributed by atoms with Gasteiger partial charge in [-0.15, -0.1) is 0 Å². The first-order valence-corrected chi connectivity index (χ1v) is 13.6. The molecule has 0 radical (unpaired) electrons. The van der Waals surface area contributed by atoms with Gasteiger partial charge in [-0.25, -0.2) is 9.78 Å². The highest BCUT2D eigenvalue weighted by atomic mass is 16.6. The number of aromatic nitrogens is 3. The molecule has 40 heavy (non-hydrogen) atoms. The molecule has 1 fully saturated rings. The maximum Gasteiger partial charge on any atom is 0.410 e. The summed E-state index contributed by atoms with van der Waals surface area (Å²) >= 11 is 0. The molecule has 1 aliphatic heterocycles. The Bertz CT molecular complexity index is 1630. The van der Waals surface area contributed by atoms with Crippen LogP contribution in [0.15, 0.2) is 91.0 Å². The van der Waals surface area contributed by atoms with Crippen LogP contribution in [0.25, 0.3) is 28.0 Å². The molecular weight excluding hydrogens is 500 g/mol. The number of ether oxygens (including phenoxy) is 1. The van der Waals surface area contributed by atoms with E-state index in [4.69, 9.17) is 20.6 Å². The number of nitrogens with zero attached hydrogens (tertiary/aromatic N) is 5. The average Bonchev–Trinajstić information content (AvgIpc) is 3.36. The van der Waals surface area contributed by atoms with Crippen LogP contribution in [0.1, 0.15) is 16.8 Å². The van der Waals surface area contributed by atoms with Gasteiger partial charge < -0.3 is 20.3 Å². The molecule has 8 heteroatoms. The van der Waals surface area contributed by atoms with E-state index in [0.29, 0.717) is 32.7 Å². The molecule has 202 valence electrons. The second kappa shape index (κ2) is 11.2. The van der Waals surface area contributed by atoms with Crippen molar-refractivity contribution in [3.63, 3.8) is 0 Å². The van der Waals surface area contributed by atoms with Crippen LogP contribution in [0.5, 0.6) is 0 Å². The largest absolute Gasteiger partial charge is 0.445 e. The number of carbonyl (C=O) groups is 1. The van der Waals surface area contributed by atoms with Gasteiger partial charge in [-0.1, -0.05) is 78.9 Å². The zero-order valence-corrected chi connectivity index (χ0v) is 22.5. The SMILES string of the molecule is Cc1nn2c(N3CCN(C(=O)OCc4ccccc4)CC3)cc(-c3cccc(CN)c3)nc2c1-c1ccccc1. The third-order valence-corrected chi connectivity index (χ3v) is 7.33. The molecule has 2 N–H and O–H groups in total. The van der Waals surface area contributed by atoms with Crippen molar-refractivity contribution in [3.8, 4) is 22.4 Å². The van der Waals surface area contributed by atoms with E-state index < -0.39 is 0 Å². The lowest BCUT2D eigenvalue weighted by atomic mass is 10.1. The van der Waals surface area contributed by atoms with Gasteiger partial charge in [0.05, 0.1) is 11.4 Å². The number of piperazine rings is 1. The van der Waals surface area contributed by atoms with Crippen LogP contribution in [0.4, 0.5) is 10.6 Å². The normalized spacial score (nSPS) is 13.6. The third kappa shape index (κ3) is 5.13. The first kappa shape index (κ1) is 25.6. The number of fused-ring (bicyclic) bond motifs is 1. The molecule has 1 aliphatic rings. The van der Waals surface area contributed by atoms with E-state index in [-0.39, 0.29) is 12.7 Å². The Hall–Kier alpha value is -4.69. The number of nitrogens with two attached hydrogens (primary N) is 1. The van der Waals surface area contributed by atoms with Gasteiger partial charge in [0.15, 0.2) is 5.65 Å². The molecule has 0 unspecified atom stereocenters. The summed E-state index contributed by atoms with van der Waals surface area (Å²) in [5.41, 5.74) is 13.6. The molecule has 6 rings (SSSR count). The van der Waals surface area contributed by atoms with Gasteiger partial charge in [0, 0.05) is 49.9 Å². The van der Waals surface area contributed by atoms with Crippen molar-refractivity contribution >= 4 is 17.6 Å². The summed E-state index contributed by atoms with van der Waals surface area (Å²) in [6, 6.07) is 30.3.